The fourth-order valence-corrected chi connectivity index (χ4v) is 3.80. The number of phenols is 2. The highest BCUT2D eigenvalue weighted by Gasteiger charge is 2.25. The first kappa shape index (κ1) is 18.0. The van der Waals surface area contributed by atoms with E-state index in [0.717, 1.165) is 34.4 Å². The van der Waals surface area contributed by atoms with Crippen molar-refractivity contribution in [1.29, 1.82) is 0 Å². The molecule has 0 radical (unpaired) electrons. The Hall–Kier alpha value is -2.78. The lowest BCUT2D eigenvalue weighted by Crippen LogP contribution is -1.97. The van der Waals surface area contributed by atoms with Crippen molar-refractivity contribution in [2.45, 2.75) is 20.8 Å². The second-order valence-electron chi connectivity index (χ2n) is 5.68. The van der Waals surface area contributed by atoms with Crippen LogP contribution in [0.25, 0.3) is 21.7 Å². The van der Waals surface area contributed by atoms with Gasteiger partial charge >= 0.3 is 5.69 Å². The van der Waals surface area contributed by atoms with E-state index in [-0.39, 0.29) is 10.7 Å². The number of phenolic OH excluding ortho intramolecular Hbond substituents is 2. The van der Waals surface area contributed by atoms with Crippen molar-refractivity contribution >= 4 is 28.8 Å². The maximum absolute atomic E-state index is 11.1. The zero-order chi connectivity index (χ0) is 19.2. The SMILES string of the molecule is Cc1nc(Cl)c(-c2snnc2-c2cc(O)c(O)c([N+](=O)[O-])c2)c(C)c1C. The van der Waals surface area contributed by atoms with Gasteiger partial charge in [-0.2, -0.15) is 0 Å². The number of nitro groups is 1. The molecule has 0 bridgehead atoms. The Balaban J connectivity index is 2.27. The first-order chi connectivity index (χ1) is 12.2. The molecule has 134 valence electrons. The van der Waals surface area contributed by atoms with Gasteiger partial charge in [-0.1, -0.05) is 16.1 Å². The molecule has 1 aromatic carbocycles. The Bertz CT molecular complexity index is 1050. The summed E-state index contributed by atoms with van der Waals surface area (Å²) in [6, 6.07) is 2.33. The predicted molar refractivity (Wildman–Crippen MR) is 97.8 cm³/mol. The summed E-state index contributed by atoms with van der Waals surface area (Å²) in [6.45, 7) is 5.67. The average Bonchev–Trinajstić information content (AvgIpc) is 3.04. The Labute approximate surface area is 157 Å². The van der Waals surface area contributed by atoms with Gasteiger partial charge in [-0.3, -0.25) is 10.1 Å². The van der Waals surface area contributed by atoms with Gasteiger partial charge in [0.1, 0.15) is 10.8 Å². The molecule has 0 atom stereocenters. The third-order valence-corrected chi connectivity index (χ3v) is 5.22. The molecule has 0 spiro atoms. The molecule has 8 nitrogen and oxygen atoms in total. The van der Waals surface area contributed by atoms with E-state index in [1.165, 1.54) is 6.07 Å². The quantitative estimate of drug-likeness (QED) is 0.297. The van der Waals surface area contributed by atoms with E-state index >= 15 is 0 Å². The molecule has 2 aromatic heterocycles. The van der Waals surface area contributed by atoms with Crippen molar-refractivity contribution in [3.63, 3.8) is 0 Å². The Kier molecular flexibility index (Phi) is 4.51. The van der Waals surface area contributed by atoms with Gasteiger partial charge in [-0.25, -0.2) is 4.98 Å². The third-order valence-electron chi connectivity index (χ3n) is 4.21. The third kappa shape index (κ3) is 2.85. The number of rotatable bonds is 3. The summed E-state index contributed by atoms with van der Waals surface area (Å²) in [5.41, 5.74) is 3.21. The number of benzene rings is 1. The van der Waals surface area contributed by atoms with Gasteiger partial charge in [0, 0.05) is 22.9 Å². The fraction of sp³-hybridized carbons (Fsp3) is 0.188. The number of nitro benzene ring substituents is 1. The maximum atomic E-state index is 11.1. The van der Waals surface area contributed by atoms with E-state index in [9.17, 15) is 20.3 Å². The number of pyridine rings is 1. The number of halogens is 1. The van der Waals surface area contributed by atoms with Crippen LogP contribution >= 0.6 is 23.1 Å². The van der Waals surface area contributed by atoms with Crippen LogP contribution in [0.1, 0.15) is 16.8 Å². The van der Waals surface area contributed by atoms with E-state index in [1.807, 2.05) is 20.8 Å². The van der Waals surface area contributed by atoms with E-state index in [4.69, 9.17) is 11.6 Å². The molecule has 0 aliphatic rings. The molecule has 3 rings (SSSR count). The number of aromatic hydroxyl groups is 2. The minimum Gasteiger partial charge on any atom is -0.504 e. The highest BCUT2D eigenvalue weighted by Crippen LogP contribution is 2.44. The van der Waals surface area contributed by atoms with Crippen LogP contribution in [0.4, 0.5) is 5.69 Å². The molecular weight excluding hydrogens is 380 g/mol. The zero-order valence-corrected chi connectivity index (χ0v) is 15.5. The molecule has 0 fully saturated rings. The fourth-order valence-electron chi connectivity index (χ4n) is 2.59. The molecule has 2 heterocycles. The van der Waals surface area contributed by atoms with Crippen LogP contribution in [-0.4, -0.2) is 29.7 Å². The molecule has 0 saturated carbocycles. The summed E-state index contributed by atoms with van der Waals surface area (Å²) in [7, 11) is 0. The highest BCUT2D eigenvalue weighted by molar-refractivity contribution is 7.10. The minimum atomic E-state index is -0.800. The number of nitrogens with zero attached hydrogens (tertiary/aromatic N) is 4. The van der Waals surface area contributed by atoms with Crippen LogP contribution in [-0.2, 0) is 0 Å². The largest absolute Gasteiger partial charge is 0.504 e. The second-order valence-corrected chi connectivity index (χ2v) is 6.80. The number of hydrogen-bond donors (Lipinski definition) is 2. The highest BCUT2D eigenvalue weighted by atomic mass is 35.5. The van der Waals surface area contributed by atoms with Crippen LogP contribution in [0.15, 0.2) is 12.1 Å². The predicted octanol–water partition coefficient (Wildman–Crippen LogP) is 4.17. The van der Waals surface area contributed by atoms with Crippen molar-refractivity contribution in [2.75, 3.05) is 0 Å². The number of aryl methyl sites for hydroxylation is 1. The summed E-state index contributed by atoms with van der Waals surface area (Å²) in [6.07, 6.45) is 0. The smallest absolute Gasteiger partial charge is 0.315 e. The van der Waals surface area contributed by atoms with E-state index in [2.05, 4.69) is 14.6 Å². The van der Waals surface area contributed by atoms with Gasteiger partial charge < -0.3 is 10.2 Å². The normalized spacial score (nSPS) is 10.9. The van der Waals surface area contributed by atoms with Crippen molar-refractivity contribution in [3.05, 3.63) is 44.2 Å². The van der Waals surface area contributed by atoms with Crippen molar-refractivity contribution in [2.24, 2.45) is 0 Å². The first-order valence-electron chi connectivity index (χ1n) is 7.39. The van der Waals surface area contributed by atoms with Crippen LogP contribution in [0.2, 0.25) is 5.15 Å². The van der Waals surface area contributed by atoms with Crippen LogP contribution in [0.5, 0.6) is 11.5 Å². The monoisotopic (exact) mass is 392 g/mol. The standard InChI is InChI=1S/C16H13ClN4O4S/c1-6-7(2)12(16(17)18-8(6)3)15-13(19-20-26-15)9-4-10(21(24)25)14(23)11(22)5-9/h4-5,22-23H,1-3H3. The Morgan fingerprint density at radius 1 is 1.19 bits per heavy atom. The lowest BCUT2D eigenvalue weighted by atomic mass is 10.00. The molecule has 0 saturated heterocycles. The minimum absolute atomic E-state index is 0.240. The van der Waals surface area contributed by atoms with Gasteiger partial charge in [0.15, 0.2) is 5.75 Å². The van der Waals surface area contributed by atoms with Gasteiger partial charge in [-0.15, -0.1) is 5.10 Å². The molecule has 0 unspecified atom stereocenters. The molecule has 3 aromatic rings. The van der Waals surface area contributed by atoms with Gasteiger partial charge in [0.25, 0.3) is 0 Å². The summed E-state index contributed by atoms with van der Waals surface area (Å²) in [5, 5.41) is 34.9. The van der Waals surface area contributed by atoms with Crippen LogP contribution < -0.4 is 0 Å². The molecule has 2 N–H and O–H groups in total. The van der Waals surface area contributed by atoms with Gasteiger partial charge in [0.2, 0.25) is 5.75 Å². The number of hydrogen-bond acceptors (Lipinski definition) is 8. The van der Waals surface area contributed by atoms with Crippen LogP contribution in [0.3, 0.4) is 0 Å². The molecular formula is C16H13ClN4O4S. The molecule has 0 aliphatic heterocycles. The Morgan fingerprint density at radius 2 is 1.88 bits per heavy atom. The maximum Gasteiger partial charge on any atom is 0.315 e. The molecule has 26 heavy (non-hydrogen) atoms. The Morgan fingerprint density at radius 3 is 2.54 bits per heavy atom. The van der Waals surface area contributed by atoms with E-state index in [1.54, 1.807) is 0 Å². The topological polar surface area (TPSA) is 122 Å². The second kappa shape index (κ2) is 6.50. The molecule has 10 heteroatoms. The molecule has 0 aliphatic carbocycles. The zero-order valence-electron chi connectivity index (χ0n) is 13.9. The summed E-state index contributed by atoms with van der Waals surface area (Å²) < 4.78 is 3.93. The summed E-state index contributed by atoms with van der Waals surface area (Å²) in [4.78, 5) is 15.2. The first-order valence-corrected chi connectivity index (χ1v) is 8.54. The lowest BCUT2D eigenvalue weighted by Gasteiger charge is -2.12. The van der Waals surface area contributed by atoms with Crippen molar-refractivity contribution < 1.29 is 15.1 Å². The summed E-state index contributed by atoms with van der Waals surface area (Å²) >= 11 is 7.40. The van der Waals surface area contributed by atoms with E-state index < -0.39 is 22.1 Å². The summed E-state index contributed by atoms with van der Waals surface area (Å²) in [5.74, 6) is -1.42. The lowest BCUT2D eigenvalue weighted by molar-refractivity contribution is -0.385. The van der Waals surface area contributed by atoms with Gasteiger partial charge in [0.05, 0.1) is 9.80 Å². The van der Waals surface area contributed by atoms with Crippen molar-refractivity contribution in [1.82, 2.24) is 14.6 Å². The van der Waals surface area contributed by atoms with Gasteiger partial charge in [-0.05, 0) is 49.5 Å². The van der Waals surface area contributed by atoms with Crippen LogP contribution in [0, 0.1) is 30.9 Å². The number of aromatic nitrogens is 3. The molecule has 0 amide bonds. The average molecular weight is 393 g/mol. The van der Waals surface area contributed by atoms with Crippen molar-refractivity contribution in [3.8, 4) is 33.2 Å². The van der Waals surface area contributed by atoms with E-state index in [0.29, 0.717) is 16.1 Å².